The van der Waals surface area contributed by atoms with Gasteiger partial charge in [-0.2, -0.15) is 0 Å². The van der Waals surface area contributed by atoms with Gasteiger partial charge < -0.3 is 22.4 Å². The van der Waals surface area contributed by atoms with E-state index in [0.717, 1.165) is 17.5 Å². The van der Waals surface area contributed by atoms with Gasteiger partial charge in [0.1, 0.15) is 11.1 Å². The van der Waals surface area contributed by atoms with E-state index in [2.05, 4.69) is 0 Å². The predicted octanol–water partition coefficient (Wildman–Crippen LogP) is 2.75. The number of hydrogen-bond acceptors (Lipinski definition) is 2. The number of aryl methyl sites for hydroxylation is 1. The molecule has 0 aliphatic heterocycles. The molecule has 2 aromatic rings. The molecule has 1 aromatic carbocycles. The van der Waals surface area contributed by atoms with Crippen LogP contribution in [0, 0.1) is 0 Å². The average Bonchev–Trinajstić information content (AvgIpc) is 2.59. The van der Waals surface area contributed by atoms with Crippen molar-refractivity contribution in [3.05, 3.63) is 24.4 Å². The molecule has 0 atom stereocenters. The zero-order chi connectivity index (χ0) is 13.1. The third kappa shape index (κ3) is 4.33. The summed E-state index contributed by atoms with van der Waals surface area (Å²) in [6, 6.07) is 5.25. The molecule has 0 aliphatic rings. The Morgan fingerprint density at radius 2 is 1.88 bits per heavy atom. The van der Waals surface area contributed by atoms with E-state index in [0.29, 0.717) is 0 Å². The first-order chi connectivity index (χ1) is 7.81. The van der Waals surface area contributed by atoms with Gasteiger partial charge in [-0.05, 0) is 23.8 Å². The van der Waals surface area contributed by atoms with E-state index < -0.39 is 7.25 Å². The third-order valence-corrected chi connectivity index (χ3v) is 1.84. The number of phenols is 1. The number of rotatable bonds is 1. The Bertz CT molecular complexity index is 491. The van der Waals surface area contributed by atoms with Gasteiger partial charge in [-0.15, -0.1) is 0 Å². The lowest BCUT2D eigenvalue weighted by atomic mass is 10.2. The summed E-state index contributed by atoms with van der Waals surface area (Å²) in [6.07, 6.45) is 1.80. The van der Waals surface area contributed by atoms with Gasteiger partial charge in [0, 0.05) is 0 Å². The fraction of sp³-hybridized carbons (Fsp3) is 0.222. The van der Waals surface area contributed by atoms with E-state index in [1.54, 1.807) is 23.1 Å². The number of aromatic hydroxyl groups is 1. The SMILES string of the molecule is CC[n+]1cc2c(O)cccc2o1.F[B-](F)(F)F. The quantitative estimate of drug-likeness (QED) is 0.480. The van der Waals surface area contributed by atoms with Gasteiger partial charge in [0.15, 0.2) is 6.54 Å². The van der Waals surface area contributed by atoms with Crippen molar-refractivity contribution in [3.8, 4) is 5.75 Å². The molecule has 0 unspecified atom stereocenters. The van der Waals surface area contributed by atoms with Crippen LogP contribution >= 0.6 is 0 Å². The highest BCUT2D eigenvalue weighted by molar-refractivity contribution is 6.50. The second-order valence-corrected chi connectivity index (χ2v) is 3.14. The molecule has 0 saturated carbocycles. The molecule has 3 nitrogen and oxygen atoms in total. The number of aromatic nitrogens is 1. The van der Waals surface area contributed by atoms with Gasteiger partial charge in [0.25, 0.3) is 0 Å². The summed E-state index contributed by atoms with van der Waals surface area (Å²) in [5, 5.41) is 10.2. The van der Waals surface area contributed by atoms with Crippen molar-refractivity contribution >= 4 is 18.2 Å². The van der Waals surface area contributed by atoms with E-state index in [-0.39, 0.29) is 5.75 Å². The average molecular weight is 251 g/mol. The summed E-state index contributed by atoms with van der Waals surface area (Å²) in [5.41, 5.74) is 0.719. The highest BCUT2D eigenvalue weighted by Gasteiger charge is 2.20. The first kappa shape index (κ1) is 13.3. The molecule has 0 fully saturated rings. The van der Waals surface area contributed by atoms with Crippen LogP contribution in [-0.2, 0) is 6.54 Å². The Morgan fingerprint density at radius 1 is 1.29 bits per heavy atom. The summed E-state index contributed by atoms with van der Waals surface area (Å²) in [4.78, 5) is 0. The van der Waals surface area contributed by atoms with Gasteiger partial charge in [-0.3, -0.25) is 0 Å². The normalized spacial score (nSPS) is 11.1. The summed E-state index contributed by atoms with van der Waals surface area (Å²) >= 11 is 0. The van der Waals surface area contributed by atoms with E-state index in [1.807, 2.05) is 13.0 Å². The van der Waals surface area contributed by atoms with Crippen LogP contribution in [0.4, 0.5) is 17.3 Å². The van der Waals surface area contributed by atoms with Gasteiger partial charge >= 0.3 is 7.25 Å². The minimum absolute atomic E-state index is 0.267. The van der Waals surface area contributed by atoms with Crippen LogP contribution in [0.15, 0.2) is 28.9 Å². The molecule has 94 valence electrons. The molecule has 0 radical (unpaired) electrons. The molecule has 17 heavy (non-hydrogen) atoms. The molecule has 8 heteroatoms. The molecule has 0 saturated heterocycles. The Labute approximate surface area is 94.3 Å². The van der Waals surface area contributed by atoms with Crippen molar-refractivity contribution in [2.75, 3.05) is 0 Å². The lowest BCUT2D eigenvalue weighted by molar-refractivity contribution is -0.857. The van der Waals surface area contributed by atoms with Crippen LogP contribution in [0.2, 0.25) is 0 Å². The minimum Gasteiger partial charge on any atom is -0.507 e. The van der Waals surface area contributed by atoms with Gasteiger partial charge in [-0.25, -0.2) is 4.52 Å². The first-order valence-electron chi connectivity index (χ1n) is 4.80. The predicted molar refractivity (Wildman–Crippen MR) is 53.9 cm³/mol. The molecule has 0 spiro atoms. The van der Waals surface area contributed by atoms with Gasteiger partial charge in [0.05, 0.1) is 0 Å². The summed E-state index contributed by atoms with van der Waals surface area (Å²) < 4.78 is 46.0. The highest BCUT2D eigenvalue weighted by atomic mass is 19.5. The highest BCUT2D eigenvalue weighted by Crippen LogP contribution is 2.22. The third-order valence-electron chi connectivity index (χ3n) is 1.84. The van der Waals surface area contributed by atoms with Crippen molar-refractivity contribution in [1.82, 2.24) is 0 Å². The Balaban J connectivity index is 0.000000249. The number of hydrogen-bond donors (Lipinski definition) is 1. The van der Waals surface area contributed by atoms with Crippen molar-refractivity contribution in [2.45, 2.75) is 13.5 Å². The van der Waals surface area contributed by atoms with E-state index in [9.17, 15) is 22.4 Å². The number of benzene rings is 1. The first-order valence-corrected chi connectivity index (χ1v) is 4.80. The van der Waals surface area contributed by atoms with Crippen LogP contribution in [-0.4, -0.2) is 12.4 Å². The smallest absolute Gasteiger partial charge is 0.507 e. The zero-order valence-corrected chi connectivity index (χ0v) is 8.91. The van der Waals surface area contributed by atoms with Gasteiger partial charge in [0.2, 0.25) is 11.8 Å². The van der Waals surface area contributed by atoms with Crippen molar-refractivity contribution < 1.29 is 31.6 Å². The Kier molecular flexibility index (Phi) is 3.98. The largest absolute Gasteiger partial charge is 0.673 e. The number of phenolic OH excluding ortho intramolecular Hbond substituents is 1. The zero-order valence-electron chi connectivity index (χ0n) is 8.91. The van der Waals surface area contributed by atoms with Crippen LogP contribution < -0.4 is 4.74 Å². The lowest BCUT2D eigenvalue weighted by Gasteiger charge is -1.94. The topological polar surface area (TPSA) is 37.2 Å². The molecule has 1 aromatic heterocycles. The van der Waals surface area contributed by atoms with Crippen molar-refractivity contribution in [1.29, 1.82) is 0 Å². The molecule has 0 aliphatic carbocycles. The molecule has 2 rings (SSSR count). The van der Waals surface area contributed by atoms with Crippen molar-refractivity contribution in [2.24, 2.45) is 0 Å². The molecular weight excluding hydrogens is 241 g/mol. The maximum atomic E-state index is 9.75. The maximum Gasteiger partial charge on any atom is 0.673 e. The fourth-order valence-corrected chi connectivity index (χ4v) is 1.19. The van der Waals surface area contributed by atoms with E-state index >= 15 is 0 Å². The number of fused-ring (bicyclic) bond motifs is 1. The molecule has 0 bridgehead atoms. The van der Waals surface area contributed by atoms with Crippen LogP contribution in [0.5, 0.6) is 5.75 Å². The van der Waals surface area contributed by atoms with E-state index in [4.69, 9.17) is 4.52 Å². The molecule has 1 N–H and O–H groups in total. The summed E-state index contributed by atoms with van der Waals surface area (Å²) in [5.74, 6) is 0.267. The maximum absolute atomic E-state index is 9.75. The second-order valence-electron chi connectivity index (χ2n) is 3.14. The van der Waals surface area contributed by atoms with Crippen LogP contribution in [0.3, 0.4) is 0 Å². The number of halogens is 4. The molecule has 1 heterocycles. The number of nitrogens with zero attached hydrogens (tertiary/aromatic N) is 1. The Hall–Kier alpha value is -1.73. The minimum atomic E-state index is -6.00. The summed E-state index contributed by atoms with van der Waals surface area (Å²) in [6.45, 7) is 2.76. The molecule has 0 amide bonds. The van der Waals surface area contributed by atoms with Gasteiger partial charge in [-0.1, -0.05) is 6.07 Å². The van der Waals surface area contributed by atoms with Crippen molar-refractivity contribution in [3.63, 3.8) is 0 Å². The molecular formula is C9H10BF4NO2. The summed E-state index contributed by atoms with van der Waals surface area (Å²) in [7, 11) is -6.00. The fourth-order valence-electron chi connectivity index (χ4n) is 1.19. The van der Waals surface area contributed by atoms with E-state index in [1.165, 1.54) is 0 Å². The lowest BCUT2D eigenvalue weighted by Crippen LogP contribution is -2.27. The van der Waals surface area contributed by atoms with Crippen LogP contribution in [0.1, 0.15) is 6.92 Å². The second kappa shape index (κ2) is 5.07. The monoisotopic (exact) mass is 251 g/mol. The standard InChI is InChI=1S/C9H9NO2.BF4/c1-2-10-6-7-8(11)4-3-5-9(7)12-10;2-1(3,4)5/h3-6H,2H2,1H3;/q;-1/p+1. The Morgan fingerprint density at radius 3 is 2.35 bits per heavy atom. The van der Waals surface area contributed by atoms with Crippen LogP contribution in [0.25, 0.3) is 11.0 Å².